The predicted molar refractivity (Wildman–Crippen MR) is 54.8 cm³/mol. The second kappa shape index (κ2) is 5.18. The molecule has 0 aliphatic heterocycles. The van der Waals surface area contributed by atoms with Crippen molar-refractivity contribution in [2.24, 2.45) is 0 Å². The number of aromatic nitrogens is 3. The Bertz CT molecular complexity index is 422. The van der Waals surface area contributed by atoms with E-state index in [0.717, 1.165) is 4.57 Å². The zero-order valence-corrected chi connectivity index (χ0v) is 10.6. The van der Waals surface area contributed by atoms with Crippen molar-refractivity contribution >= 4 is 11.6 Å². The third kappa shape index (κ3) is 3.31. The molecule has 110 valence electrons. The average molecular weight is 310 g/mol. The second-order valence-electron chi connectivity index (χ2n) is 4.09. The lowest BCUT2D eigenvalue weighted by atomic mass is 10.1. The smallest absolute Gasteiger partial charge is 0.311 e. The molecular formula is C9H10ClF6N3. The van der Waals surface area contributed by atoms with Crippen molar-refractivity contribution in [3.05, 3.63) is 11.6 Å². The van der Waals surface area contributed by atoms with Crippen LogP contribution in [-0.2, 0) is 5.88 Å². The highest BCUT2D eigenvalue weighted by molar-refractivity contribution is 6.16. The highest BCUT2D eigenvalue weighted by Gasteiger charge is 2.60. The molecule has 0 aliphatic carbocycles. The Kier molecular flexibility index (Phi) is 4.38. The van der Waals surface area contributed by atoms with E-state index in [4.69, 9.17) is 11.6 Å². The maximum Gasteiger partial charge on any atom is 0.407 e. The highest BCUT2D eigenvalue weighted by Crippen LogP contribution is 2.46. The van der Waals surface area contributed by atoms with Crippen molar-refractivity contribution < 1.29 is 26.3 Å². The molecule has 0 bridgehead atoms. The molecule has 0 saturated heterocycles. The minimum absolute atomic E-state index is 0.134. The van der Waals surface area contributed by atoms with Crippen LogP contribution in [0.3, 0.4) is 0 Å². The van der Waals surface area contributed by atoms with Crippen LogP contribution in [0.25, 0.3) is 0 Å². The summed E-state index contributed by atoms with van der Waals surface area (Å²) >= 11 is 5.44. The fourth-order valence-corrected chi connectivity index (χ4v) is 1.85. The Morgan fingerprint density at radius 2 is 1.53 bits per heavy atom. The first-order valence-corrected chi connectivity index (χ1v) is 5.66. The first-order valence-electron chi connectivity index (χ1n) is 5.13. The molecule has 0 unspecified atom stereocenters. The van der Waals surface area contributed by atoms with Gasteiger partial charge in [-0.05, 0) is 13.8 Å². The number of hydrogen-bond acceptors (Lipinski definition) is 2. The van der Waals surface area contributed by atoms with Crippen molar-refractivity contribution in [3.63, 3.8) is 0 Å². The number of halogens is 7. The molecule has 1 aromatic rings. The van der Waals surface area contributed by atoms with E-state index in [0.29, 0.717) is 0 Å². The molecule has 0 N–H and O–H groups in total. The lowest BCUT2D eigenvalue weighted by molar-refractivity contribution is -0.256. The minimum Gasteiger partial charge on any atom is -0.311 e. The van der Waals surface area contributed by atoms with Crippen molar-refractivity contribution in [1.29, 1.82) is 0 Å². The van der Waals surface area contributed by atoms with E-state index >= 15 is 0 Å². The molecule has 10 heteroatoms. The van der Waals surface area contributed by atoms with Gasteiger partial charge >= 0.3 is 12.4 Å². The van der Waals surface area contributed by atoms with E-state index in [-0.39, 0.29) is 11.7 Å². The first-order chi connectivity index (χ1) is 8.50. The second-order valence-corrected chi connectivity index (χ2v) is 4.36. The Morgan fingerprint density at radius 3 is 1.84 bits per heavy atom. The summed E-state index contributed by atoms with van der Waals surface area (Å²) in [6.07, 6.45) is -11.0. The molecule has 3 nitrogen and oxygen atoms in total. The summed E-state index contributed by atoms with van der Waals surface area (Å²) in [5.41, 5.74) is 0. The molecule has 1 heterocycles. The molecular weight excluding hydrogens is 300 g/mol. The van der Waals surface area contributed by atoms with Crippen LogP contribution in [0, 0.1) is 0 Å². The molecule has 0 fully saturated rings. The summed E-state index contributed by atoms with van der Waals surface area (Å²) in [5, 5.41) is 6.31. The van der Waals surface area contributed by atoms with Crippen LogP contribution in [0.2, 0.25) is 0 Å². The van der Waals surface area contributed by atoms with Gasteiger partial charge in [0.25, 0.3) is 0 Å². The van der Waals surface area contributed by atoms with Gasteiger partial charge in [0.1, 0.15) is 5.82 Å². The minimum atomic E-state index is -5.50. The number of alkyl halides is 7. The fourth-order valence-electron chi connectivity index (χ4n) is 1.67. The Morgan fingerprint density at radius 1 is 1.05 bits per heavy atom. The van der Waals surface area contributed by atoms with Gasteiger partial charge < -0.3 is 4.57 Å². The van der Waals surface area contributed by atoms with Crippen LogP contribution in [0.15, 0.2) is 0 Å². The van der Waals surface area contributed by atoms with Crippen LogP contribution in [0.5, 0.6) is 0 Å². The monoisotopic (exact) mass is 309 g/mol. The van der Waals surface area contributed by atoms with Crippen LogP contribution in [0.4, 0.5) is 26.3 Å². The van der Waals surface area contributed by atoms with E-state index < -0.39 is 30.1 Å². The summed E-state index contributed by atoms with van der Waals surface area (Å²) in [4.78, 5) is 0. The molecule has 0 aromatic carbocycles. The molecule has 19 heavy (non-hydrogen) atoms. The Balaban J connectivity index is 3.44. The lowest BCUT2D eigenvalue weighted by Crippen LogP contribution is -2.36. The summed E-state index contributed by atoms with van der Waals surface area (Å²) < 4.78 is 76.5. The quantitative estimate of drug-likeness (QED) is 0.628. The largest absolute Gasteiger partial charge is 0.407 e. The first kappa shape index (κ1) is 16.1. The van der Waals surface area contributed by atoms with Gasteiger partial charge in [0.05, 0.1) is 5.88 Å². The van der Waals surface area contributed by atoms with Gasteiger partial charge in [0.2, 0.25) is 5.92 Å². The lowest BCUT2D eigenvalue weighted by Gasteiger charge is -2.24. The third-order valence-electron chi connectivity index (χ3n) is 2.34. The van der Waals surface area contributed by atoms with E-state index in [1.54, 1.807) is 0 Å². The van der Waals surface area contributed by atoms with Gasteiger partial charge in [-0.25, -0.2) is 0 Å². The molecule has 1 rings (SSSR count). The Hall–Kier alpha value is -0.990. The highest BCUT2D eigenvalue weighted by atomic mass is 35.5. The summed E-state index contributed by atoms with van der Waals surface area (Å²) in [6, 6.07) is -0.675. The van der Waals surface area contributed by atoms with E-state index in [1.807, 2.05) is 0 Å². The zero-order chi connectivity index (χ0) is 15.0. The van der Waals surface area contributed by atoms with Gasteiger partial charge in [0, 0.05) is 6.04 Å². The van der Waals surface area contributed by atoms with Crippen LogP contribution in [0.1, 0.15) is 37.5 Å². The van der Waals surface area contributed by atoms with Crippen molar-refractivity contribution in [2.75, 3.05) is 0 Å². The van der Waals surface area contributed by atoms with Crippen molar-refractivity contribution in [2.45, 2.75) is 44.0 Å². The van der Waals surface area contributed by atoms with Crippen LogP contribution >= 0.6 is 11.6 Å². The summed E-state index contributed by atoms with van der Waals surface area (Å²) in [7, 11) is 0. The van der Waals surface area contributed by atoms with Gasteiger partial charge in [0.15, 0.2) is 5.82 Å². The standard InChI is InChI=1S/C9H10ClF6N3/c1-4(2)19-5(3-10)17-18-7(19)6(8(11,12)13)9(14,15)16/h4,6H,3H2,1-2H3. The van der Waals surface area contributed by atoms with E-state index in [2.05, 4.69) is 10.2 Å². The topological polar surface area (TPSA) is 30.7 Å². The molecule has 0 aliphatic rings. The van der Waals surface area contributed by atoms with Gasteiger partial charge in [-0.1, -0.05) is 0 Å². The van der Waals surface area contributed by atoms with Crippen LogP contribution in [-0.4, -0.2) is 27.1 Å². The zero-order valence-electron chi connectivity index (χ0n) is 9.85. The SMILES string of the molecule is CC(C)n1c(CCl)nnc1C(C(F)(F)F)C(F)(F)F. The summed E-state index contributed by atoms with van der Waals surface area (Å²) in [6.45, 7) is 2.85. The maximum absolute atomic E-state index is 12.6. The van der Waals surface area contributed by atoms with Gasteiger partial charge in [-0.2, -0.15) is 26.3 Å². The van der Waals surface area contributed by atoms with Gasteiger partial charge in [-0.15, -0.1) is 21.8 Å². The molecule has 0 spiro atoms. The van der Waals surface area contributed by atoms with Crippen molar-refractivity contribution in [3.8, 4) is 0 Å². The average Bonchev–Trinajstić information content (AvgIpc) is 2.56. The number of nitrogens with zero attached hydrogens (tertiary/aromatic N) is 3. The van der Waals surface area contributed by atoms with E-state index in [1.165, 1.54) is 13.8 Å². The molecule has 1 aromatic heterocycles. The van der Waals surface area contributed by atoms with E-state index in [9.17, 15) is 26.3 Å². The fraction of sp³-hybridized carbons (Fsp3) is 0.778. The maximum atomic E-state index is 12.6. The van der Waals surface area contributed by atoms with Crippen molar-refractivity contribution in [1.82, 2.24) is 14.8 Å². The van der Waals surface area contributed by atoms with Crippen LogP contribution < -0.4 is 0 Å². The third-order valence-corrected chi connectivity index (χ3v) is 2.58. The molecule has 0 atom stereocenters. The molecule has 0 radical (unpaired) electrons. The normalized spacial score (nSPS) is 13.6. The predicted octanol–water partition coefficient (Wildman–Crippen LogP) is 3.81. The molecule has 0 saturated carbocycles. The number of hydrogen-bond donors (Lipinski definition) is 0. The Labute approximate surface area is 109 Å². The van der Waals surface area contributed by atoms with Gasteiger partial charge in [-0.3, -0.25) is 0 Å². The number of rotatable bonds is 3. The summed E-state index contributed by atoms with van der Waals surface area (Å²) in [5.74, 6) is -5.32. The molecule has 0 amide bonds.